The molecule has 4 nitrogen and oxygen atoms in total. The first-order chi connectivity index (χ1) is 9.65. The van der Waals surface area contributed by atoms with E-state index < -0.39 is 0 Å². The van der Waals surface area contributed by atoms with Crippen molar-refractivity contribution in [3.8, 4) is 11.5 Å². The number of hydrogen-bond donors (Lipinski definition) is 1. The van der Waals surface area contributed by atoms with E-state index in [0.717, 1.165) is 6.42 Å². The lowest BCUT2D eigenvalue weighted by Crippen LogP contribution is -2.36. The van der Waals surface area contributed by atoms with Crippen LogP contribution < -0.4 is 14.8 Å². The second-order valence-corrected chi connectivity index (χ2v) is 5.88. The Hall–Kier alpha value is -1.42. The summed E-state index contributed by atoms with van der Waals surface area (Å²) in [5, 5.41) is 3.51. The molecule has 0 aromatic heterocycles. The Kier molecular flexibility index (Phi) is 3.74. The Labute approximate surface area is 123 Å². The second kappa shape index (κ2) is 5.52. The monoisotopic (exact) mass is 295 g/mol. The molecule has 3 rings (SSSR count). The van der Waals surface area contributed by atoms with Gasteiger partial charge in [-0.3, -0.25) is 4.79 Å². The van der Waals surface area contributed by atoms with Gasteiger partial charge < -0.3 is 14.8 Å². The van der Waals surface area contributed by atoms with E-state index >= 15 is 0 Å². The van der Waals surface area contributed by atoms with E-state index in [2.05, 4.69) is 12.2 Å². The molecule has 1 aliphatic carbocycles. The summed E-state index contributed by atoms with van der Waals surface area (Å²) in [5.74, 6) is 1.52. The molecular weight excluding hydrogens is 278 g/mol. The van der Waals surface area contributed by atoms with Crippen LogP contribution in [-0.4, -0.2) is 25.2 Å². The van der Waals surface area contributed by atoms with E-state index in [0.29, 0.717) is 41.2 Å². The number of carbonyl (C=O) groups excluding carboxylic acids is 1. The van der Waals surface area contributed by atoms with Crippen LogP contribution in [0.4, 0.5) is 0 Å². The molecule has 2 atom stereocenters. The number of amides is 1. The zero-order chi connectivity index (χ0) is 14.1. The van der Waals surface area contributed by atoms with Crippen molar-refractivity contribution >= 4 is 17.5 Å². The van der Waals surface area contributed by atoms with Crippen molar-refractivity contribution in [3.05, 3.63) is 22.7 Å². The van der Waals surface area contributed by atoms with Crippen LogP contribution in [0.1, 0.15) is 36.5 Å². The largest absolute Gasteiger partial charge is 0.486 e. The van der Waals surface area contributed by atoms with Crippen LogP contribution in [-0.2, 0) is 0 Å². The summed E-state index contributed by atoms with van der Waals surface area (Å²) in [6.45, 7) is 3.14. The molecular formula is C15H18ClNO3. The van der Waals surface area contributed by atoms with Crippen molar-refractivity contribution in [2.24, 2.45) is 5.92 Å². The normalized spacial score (nSPS) is 24.5. The molecule has 0 spiro atoms. The number of benzene rings is 1. The maximum absolute atomic E-state index is 12.3. The molecule has 1 N–H and O–H groups in total. The zero-order valence-corrected chi connectivity index (χ0v) is 12.2. The van der Waals surface area contributed by atoms with Crippen molar-refractivity contribution in [3.63, 3.8) is 0 Å². The number of halogens is 1. The number of carbonyl (C=O) groups is 1. The summed E-state index contributed by atoms with van der Waals surface area (Å²) < 4.78 is 10.9. The summed E-state index contributed by atoms with van der Waals surface area (Å²) in [6, 6.07) is 3.61. The Bertz CT molecular complexity index is 532. The fourth-order valence-corrected chi connectivity index (χ4v) is 3.12. The molecule has 1 saturated carbocycles. The molecule has 0 unspecified atom stereocenters. The quantitative estimate of drug-likeness (QED) is 0.912. The van der Waals surface area contributed by atoms with E-state index in [4.69, 9.17) is 21.1 Å². The number of hydrogen-bond acceptors (Lipinski definition) is 3. The van der Waals surface area contributed by atoms with Gasteiger partial charge in [-0.1, -0.05) is 24.9 Å². The topological polar surface area (TPSA) is 47.6 Å². The van der Waals surface area contributed by atoms with Gasteiger partial charge in [-0.15, -0.1) is 0 Å². The highest BCUT2D eigenvalue weighted by molar-refractivity contribution is 6.32. The van der Waals surface area contributed by atoms with Gasteiger partial charge in [0.25, 0.3) is 5.91 Å². The third kappa shape index (κ3) is 2.57. The molecule has 108 valence electrons. The predicted octanol–water partition coefficient (Wildman–Crippen LogP) is 3.03. The Balaban J connectivity index is 1.79. The molecule has 1 aromatic carbocycles. The third-order valence-corrected chi connectivity index (χ3v) is 4.32. The molecule has 1 amide bonds. The third-order valence-electron chi connectivity index (χ3n) is 4.04. The lowest BCUT2D eigenvalue weighted by molar-refractivity contribution is 0.0928. The maximum atomic E-state index is 12.3. The average molecular weight is 296 g/mol. The fraction of sp³-hybridized carbons (Fsp3) is 0.533. The first kappa shape index (κ1) is 13.6. The Morgan fingerprint density at radius 1 is 1.30 bits per heavy atom. The molecule has 2 aliphatic rings. The summed E-state index contributed by atoms with van der Waals surface area (Å²) in [6.07, 6.45) is 3.39. The van der Waals surface area contributed by atoms with Crippen LogP contribution in [0.5, 0.6) is 11.5 Å². The average Bonchev–Trinajstić information content (AvgIpc) is 2.84. The minimum atomic E-state index is -0.0948. The van der Waals surface area contributed by atoms with Gasteiger partial charge >= 0.3 is 0 Å². The van der Waals surface area contributed by atoms with Crippen LogP contribution in [0.15, 0.2) is 12.1 Å². The SMILES string of the molecule is C[C@H]1CCC[C@@H]1NC(=O)c1cc(Cl)c2c(c1)OCCO2. The van der Waals surface area contributed by atoms with Gasteiger partial charge in [0.15, 0.2) is 11.5 Å². The van der Waals surface area contributed by atoms with Crippen molar-refractivity contribution in [2.45, 2.75) is 32.2 Å². The highest BCUT2D eigenvalue weighted by Crippen LogP contribution is 2.38. The second-order valence-electron chi connectivity index (χ2n) is 5.47. The molecule has 1 aromatic rings. The highest BCUT2D eigenvalue weighted by atomic mass is 35.5. The Morgan fingerprint density at radius 3 is 2.85 bits per heavy atom. The zero-order valence-electron chi connectivity index (χ0n) is 11.4. The van der Waals surface area contributed by atoms with E-state index in [9.17, 15) is 4.79 Å². The van der Waals surface area contributed by atoms with E-state index in [1.165, 1.54) is 12.8 Å². The molecule has 0 saturated heterocycles. The number of ether oxygens (including phenoxy) is 2. The smallest absolute Gasteiger partial charge is 0.251 e. The van der Waals surface area contributed by atoms with Gasteiger partial charge in [-0.25, -0.2) is 0 Å². The van der Waals surface area contributed by atoms with E-state index in [1.54, 1.807) is 12.1 Å². The maximum Gasteiger partial charge on any atom is 0.251 e. The fourth-order valence-electron chi connectivity index (χ4n) is 2.85. The lowest BCUT2D eigenvalue weighted by Gasteiger charge is -2.21. The van der Waals surface area contributed by atoms with E-state index in [-0.39, 0.29) is 11.9 Å². The molecule has 20 heavy (non-hydrogen) atoms. The number of nitrogens with one attached hydrogen (secondary N) is 1. The number of rotatable bonds is 2. The van der Waals surface area contributed by atoms with Gasteiger partial charge in [-0.2, -0.15) is 0 Å². The van der Waals surface area contributed by atoms with Gasteiger partial charge in [0.05, 0.1) is 5.02 Å². The van der Waals surface area contributed by atoms with Crippen LogP contribution in [0.2, 0.25) is 5.02 Å². The predicted molar refractivity (Wildman–Crippen MR) is 76.7 cm³/mol. The molecule has 1 heterocycles. The van der Waals surface area contributed by atoms with Gasteiger partial charge in [-0.05, 0) is 30.9 Å². The standard InChI is InChI=1S/C15H18ClNO3/c1-9-3-2-4-12(9)17-15(18)10-7-11(16)14-13(8-10)19-5-6-20-14/h7-9,12H,2-6H2,1H3,(H,17,18)/t9-,12-/m0/s1. The highest BCUT2D eigenvalue weighted by Gasteiger charge is 2.26. The van der Waals surface area contributed by atoms with Crippen molar-refractivity contribution in [1.29, 1.82) is 0 Å². The molecule has 0 bridgehead atoms. The van der Waals surface area contributed by atoms with Crippen LogP contribution in [0.25, 0.3) is 0 Å². The van der Waals surface area contributed by atoms with Crippen molar-refractivity contribution in [1.82, 2.24) is 5.32 Å². The summed E-state index contributed by atoms with van der Waals surface area (Å²) in [5.41, 5.74) is 0.526. The molecule has 0 radical (unpaired) electrons. The first-order valence-electron chi connectivity index (χ1n) is 7.05. The van der Waals surface area contributed by atoms with Gasteiger partial charge in [0, 0.05) is 11.6 Å². The van der Waals surface area contributed by atoms with Crippen molar-refractivity contribution < 1.29 is 14.3 Å². The van der Waals surface area contributed by atoms with Gasteiger partial charge in [0.2, 0.25) is 0 Å². The van der Waals surface area contributed by atoms with Crippen LogP contribution >= 0.6 is 11.6 Å². The number of fused-ring (bicyclic) bond motifs is 1. The molecule has 5 heteroatoms. The minimum absolute atomic E-state index is 0.0948. The Morgan fingerprint density at radius 2 is 2.10 bits per heavy atom. The van der Waals surface area contributed by atoms with Gasteiger partial charge in [0.1, 0.15) is 13.2 Å². The lowest BCUT2D eigenvalue weighted by atomic mass is 10.1. The minimum Gasteiger partial charge on any atom is -0.486 e. The van der Waals surface area contributed by atoms with Crippen LogP contribution in [0.3, 0.4) is 0 Å². The first-order valence-corrected chi connectivity index (χ1v) is 7.43. The summed E-state index contributed by atoms with van der Waals surface area (Å²) in [7, 11) is 0. The van der Waals surface area contributed by atoms with E-state index in [1.807, 2.05) is 0 Å². The summed E-state index contributed by atoms with van der Waals surface area (Å²) >= 11 is 6.15. The molecule has 1 aliphatic heterocycles. The summed E-state index contributed by atoms with van der Waals surface area (Å²) in [4.78, 5) is 12.3. The van der Waals surface area contributed by atoms with Crippen LogP contribution in [0, 0.1) is 5.92 Å². The van der Waals surface area contributed by atoms with Crippen molar-refractivity contribution in [2.75, 3.05) is 13.2 Å². The molecule has 1 fully saturated rings.